The van der Waals surface area contributed by atoms with E-state index in [0.29, 0.717) is 18.7 Å². The number of nitrogens with zero attached hydrogens (tertiary/aromatic N) is 6. The molecule has 1 saturated carbocycles. The van der Waals surface area contributed by atoms with Gasteiger partial charge in [-0.1, -0.05) is 46.9 Å². The Morgan fingerprint density at radius 1 is 1.21 bits per heavy atom. The summed E-state index contributed by atoms with van der Waals surface area (Å²) in [5.41, 5.74) is -0.587. The van der Waals surface area contributed by atoms with Gasteiger partial charge in [0.1, 0.15) is 30.5 Å². The lowest BCUT2D eigenvalue weighted by Gasteiger charge is -2.41. The van der Waals surface area contributed by atoms with Gasteiger partial charge < -0.3 is 23.5 Å². The molecule has 0 aromatic carbocycles. The Morgan fingerprint density at radius 3 is 2.67 bits per heavy atom. The smallest absolute Gasteiger partial charge is 0.386 e. The molecule has 312 valence electrons. The minimum atomic E-state index is -4.06. The Hall–Kier alpha value is -2.64. The van der Waals surface area contributed by atoms with Crippen LogP contribution in [-0.2, 0) is 52.9 Å². The van der Waals surface area contributed by atoms with Crippen LogP contribution in [0.3, 0.4) is 0 Å². The maximum Gasteiger partial charge on any atom is 0.386 e. The molecule has 1 amide bonds. The molecule has 57 heavy (non-hydrogen) atoms. The van der Waals surface area contributed by atoms with Gasteiger partial charge in [-0.3, -0.25) is 38.0 Å². The number of thiol groups is 1. The maximum absolute atomic E-state index is 14.0. The number of aromatic nitrogens is 6. The Kier molecular flexibility index (Phi) is 13.5. The zero-order valence-electron chi connectivity index (χ0n) is 32.7. The molecule has 5 heterocycles. The first kappa shape index (κ1) is 43.9. The molecule has 0 unspecified atom stereocenters. The Bertz CT molecular complexity index is 2120. The highest BCUT2D eigenvalue weighted by atomic mass is 32.7. The minimum Gasteiger partial charge on any atom is -0.408 e. The van der Waals surface area contributed by atoms with E-state index in [4.69, 9.17) is 43.6 Å². The molecule has 3 aromatic heterocycles. The van der Waals surface area contributed by atoms with Crippen molar-refractivity contribution in [2.75, 3.05) is 30.5 Å². The summed E-state index contributed by atoms with van der Waals surface area (Å²) in [6, 6.07) is 3.64. The Morgan fingerprint density at radius 2 is 1.98 bits per heavy atom. The van der Waals surface area contributed by atoms with Gasteiger partial charge in [-0.2, -0.15) is 10.2 Å². The maximum atomic E-state index is 14.0. The quantitative estimate of drug-likeness (QED) is 0.0828. The topological polar surface area (TPSA) is 236 Å². The third kappa shape index (κ3) is 10.4. The number of nitrogens with one attached hydrogen (secondary N) is 3. The van der Waals surface area contributed by atoms with Crippen molar-refractivity contribution < 1.29 is 41.1 Å². The second-order valence-corrected chi connectivity index (χ2v) is 26.5. The normalized spacial score (nSPS) is 31.2. The molecule has 3 fully saturated rings. The first-order valence-electron chi connectivity index (χ1n) is 18.5. The monoisotopic (exact) mass is 885 g/mol. The molecule has 3 aliphatic rings. The summed E-state index contributed by atoms with van der Waals surface area (Å²) in [5.74, 6) is -0.635. The van der Waals surface area contributed by atoms with E-state index in [1.807, 2.05) is 0 Å². The lowest BCUT2D eigenvalue weighted by atomic mass is 10.1. The van der Waals surface area contributed by atoms with Gasteiger partial charge in [0, 0.05) is 24.1 Å². The van der Waals surface area contributed by atoms with E-state index < -0.39 is 64.0 Å². The predicted octanol–water partition coefficient (Wildman–Crippen LogP) is 5.69. The summed E-state index contributed by atoms with van der Waals surface area (Å²) in [7, 11) is -2.66. The van der Waals surface area contributed by atoms with Gasteiger partial charge >= 0.3 is 13.5 Å². The molecule has 24 heteroatoms. The van der Waals surface area contributed by atoms with Gasteiger partial charge in [-0.25, -0.2) is 19.5 Å². The van der Waals surface area contributed by atoms with Crippen LogP contribution in [0.25, 0.3) is 11.2 Å². The largest absolute Gasteiger partial charge is 0.408 e. The third-order valence-corrected chi connectivity index (χ3v) is 18.9. The van der Waals surface area contributed by atoms with Crippen LogP contribution in [0.1, 0.15) is 60.1 Å². The number of rotatable bonds is 10. The molecule has 19 nitrogen and oxygen atoms in total. The van der Waals surface area contributed by atoms with Crippen LogP contribution >= 0.6 is 25.8 Å². The number of imidazole rings is 1. The van der Waals surface area contributed by atoms with Crippen LogP contribution in [0, 0.1) is 23.2 Å². The van der Waals surface area contributed by atoms with Gasteiger partial charge in [0.15, 0.2) is 25.7 Å². The summed E-state index contributed by atoms with van der Waals surface area (Å²) in [4.78, 5) is 45.5. The molecule has 0 spiro atoms. The lowest BCUT2D eigenvalue weighted by Crippen LogP contribution is -2.50. The number of aromatic amines is 1. The van der Waals surface area contributed by atoms with Crippen molar-refractivity contribution in [3.8, 4) is 6.07 Å². The van der Waals surface area contributed by atoms with E-state index >= 15 is 0 Å². The highest BCUT2D eigenvalue weighted by Gasteiger charge is 2.55. The number of hydrogen-bond acceptors (Lipinski definition) is 17. The van der Waals surface area contributed by atoms with Gasteiger partial charge in [-0.15, -0.1) is 0 Å². The molecular weight excluding hydrogens is 837 g/mol. The third-order valence-electron chi connectivity index (χ3n) is 10.4. The van der Waals surface area contributed by atoms with Crippen molar-refractivity contribution in [2.24, 2.45) is 11.8 Å². The summed E-state index contributed by atoms with van der Waals surface area (Å²) < 4.78 is 60.8. The molecule has 2 bridgehead atoms. The SMILES string of the molecule is CC(C)C(=O)Nc1nc2c(ncn2[C@@H]2O[C@@H]3CO[P@@](=O)(S)O[C@H]4C[C@H](Nc5ccncn5)C[C@@H]4CO[P@@](=S)(OCCC#N)O[C@@H]2[C@@H]3O[Si](C)(C)C(C)(C)C)c(=O)[nH]1. The van der Waals surface area contributed by atoms with Crippen molar-refractivity contribution in [1.82, 2.24) is 29.5 Å². The second-order valence-electron chi connectivity index (χ2n) is 15.9. The number of nitriles is 1. The van der Waals surface area contributed by atoms with Crippen molar-refractivity contribution in [2.45, 2.75) is 109 Å². The molecule has 1 aliphatic carbocycles. The van der Waals surface area contributed by atoms with Crippen LogP contribution in [0.5, 0.6) is 0 Å². The van der Waals surface area contributed by atoms with E-state index in [0.717, 1.165) is 0 Å². The molecule has 3 aromatic rings. The van der Waals surface area contributed by atoms with Gasteiger partial charge in [0.2, 0.25) is 11.9 Å². The van der Waals surface area contributed by atoms with E-state index in [1.165, 1.54) is 17.2 Å². The van der Waals surface area contributed by atoms with E-state index in [9.17, 15) is 19.4 Å². The van der Waals surface area contributed by atoms with E-state index in [1.54, 1.807) is 26.1 Å². The number of carbonyl (C=O) groups is 1. The average Bonchev–Trinajstić information content (AvgIpc) is 3.81. The van der Waals surface area contributed by atoms with Crippen molar-refractivity contribution >= 4 is 74.7 Å². The van der Waals surface area contributed by atoms with Gasteiger partial charge in [0.05, 0.1) is 44.7 Å². The highest BCUT2D eigenvalue weighted by Crippen LogP contribution is 2.60. The van der Waals surface area contributed by atoms with Crippen molar-refractivity contribution in [1.29, 1.82) is 5.26 Å². The molecule has 0 radical (unpaired) electrons. The number of carbonyl (C=O) groups excluding carboxylic acids is 1. The number of amides is 1. The average molecular weight is 886 g/mol. The van der Waals surface area contributed by atoms with Crippen LogP contribution in [0.15, 0.2) is 29.7 Å². The van der Waals surface area contributed by atoms with Crippen LogP contribution in [0.2, 0.25) is 18.1 Å². The number of fused-ring (bicyclic) bond motifs is 4. The summed E-state index contributed by atoms with van der Waals surface area (Å²) >= 11 is 10.5. The Balaban J connectivity index is 1.42. The summed E-state index contributed by atoms with van der Waals surface area (Å²) in [6.07, 6.45) is 0.472. The van der Waals surface area contributed by atoms with Gasteiger partial charge in [-0.05, 0) is 48.8 Å². The van der Waals surface area contributed by atoms with E-state index in [-0.39, 0.29) is 66.3 Å². The number of hydrogen-bond donors (Lipinski definition) is 4. The first-order chi connectivity index (χ1) is 26.8. The fraction of sp³-hybridized carbons (Fsp3) is 0.667. The van der Waals surface area contributed by atoms with Crippen molar-refractivity contribution in [3.63, 3.8) is 0 Å². The fourth-order valence-electron chi connectivity index (χ4n) is 6.37. The molecule has 6 rings (SSSR count). The number of H-pyrrole nitrogens is 1. The summed E-state index contributed by atoms with van der Waals surface area (Å²) in [5, 5.41) is 15.1. The minimum absolute atomic E-state index is 0.00270. The molecule has 9 atom stereocenters. The fourth-order valence-corrected chi connectivity index (χ4v) is 11.4. The molecule has 2 saturated heterocycles. The zero-order valence-corrected chi connectivity index (χ0v) is 37.2. The second kappa shape index (κ2) is 17.5. The lowest BCUT2D eigenvalue weighted by molar-refractivity contribution is -0.118. The van der Waals surface area contributed by atoms with Crippen LogP contribution in [-0.4, -0.2) is 94.0 Å². The van der Waals surface area contributed by atoms with Crippen LogP contribution in [0.4, 0.5) is 11.8 Å². The molecule has 2 aliphatic heterocycles. The van der Waals surface area contributed by atoms with Crippen LogP contribution < -0.4 is 16.2 Å². The van der Waals surface area contributed by atoms with E-state index in [2.05, 4.69) is 87.7 Å². The highest BCUT2D eigenvalue weighted by molar-refractivity contribution is 8.44. The molecule has 3 N–H and O–H groups in total. The predicted molar refractivity (Wildman–Crippen MR) is 218 cm³/mol. The Labute approximate surface area is 341 Å². The van der Waals surface area contributed by atoms with Crippen molar-refractivity contribution in [3.05, 3.63) is 35.3 Å². The first-order valence-corrected chi connectivity index (χ1v) is 26.7. The number of ether oxygens (including phenoxy) is 1. The number of anilines is 2. The molecular formula is C33H49N9O10P2S2Si. The zero-order chi connectivity index (χ0) is 41.3. The summed E-state index contributed by atoms with van der Waals surface area (Å²) in [6.45, 7) is 5.44. The standard InChI is InChI=1S/C33H49N9O10P2S2Si/c1-19(2)29(43)40-32-39-28-25(30(44)41-32)37-18-42(28)31-27-26(52-57(6,7)33(3,4)5)23(49-31)16-47-53(45,55)50-22-14-21(38-24-9-11-35-17-36-24)13-20(22)15-48-54(56,51-27)46-12-8-10-34/h9,11,17-23,26-27,31H,8,12-16H2,1-7H3,(H,45,55)(H,35,36,38)(H2,39,40,41,43,44)/t20-,21-,22+,23-,26-,27-,31-,53-,54+/m1/s1. The van der Waals surface area contributed by atoms with Gasteiger partial charge in [0.25, 0.3) is 5.56 Å².